The molecule has 0 unspecified atom stereocenters. The van der Waals surface area contributed by atoms with E-state index in [2.05, 4.69) is 47.9 Å². The normalized spacial score (nSPS) is 15.3. The molecule has 0 bridgehead atoms. The molecule has 0 atom stereocenters. The highest BCUT2D eigenvalue weighted by atomic mass is 28.3. The molecule has 1 saturated heterocycles. The second-order valence-corrected chi connectivity index (χ2v) is 8.07. The van der Waals surface area contributed by atoms with Crippen LogP contribution >= 0.6 is 0 Å². The van der Waals surface area contributed by atoms with Crippen molar-refractivity contribution in [1.82, 2.24) is 4.90 Å². The molecule has 137 valence electrons. The van der Waals surface area contributed by atoms with Gasteiger partial charge in [0.1, 0.15) is 0 Å². The van der Waals surface area contributed by atoms with Crippen LogP contribution < -0.4 is 5.19 Å². The zero-order chi connectivity index (χ0) is 18.2. The van der Waals surface area contributed by atoms with E-state index in [1.165, 1.54) is 0 Å². The maximum Gasteiger partial charge on any atom is 0.423 e. The van der Waals surface area contributed by atoms with E-state index >= 15 is 0 Å². The third kappa shape index (κ3) is 5.12. The van der Waals surface area contributed by atoms with Crippen molar-refractivity contribution < 1.29 is 13.6 Å². The number of nitrogens with zero attached hydrogens (tertiary/aromatic N) is 1. The molecule has 1 heterocycles. The first-order chi connectivity index (χ1) is 12.8. The van der Waals surface area contributed by atoms with Crippen LogP contribution in [0.5, 0.6) is 0 Å². The quantitative estimate of drug-likeness (QED) is 0.670. The van der Waals surface area contributed by atoms with Crippen LogP contribution in [0.25, 0.3) is 5.57 Å². The Hall–Kier alpha value is -1.76. The highest BCUT2D eigenvalue weighted by Gasteiger charge is 2.19. The number of hydrogen-bond donors (Lipinski definition) is 0. The maximum atomic E-state index is 6.04. The van der Waals surface area contributed by atoms with Crippen LogP contribution in [-0.2, 0) is 13.6 Å². The summed E-state index contributed by atoms with van der Waals surface area (Å²) in [6.45, 7) is 9.41. The van der Waals surface area contributed by atoms with E-state index in [0.29, 0.717) is 6.61 Å². The molecule has 1 aliphatic heterocycles. The largest absolute Gasteiger partial charge is 0.423 e. The van der Waals surface area contributed by atoms with E-state index in [0.717, 1.165) is 54.7 Å². The van der Waals surface area contributed by atoms with Crippen molar-refractivity contribution in [2.75, 3.05) is 46.6 Å². The Morgan fingerprint density at radius 3 is 2.35 bits per heavy atom. The minimum atomic E-state index is -1.46. The molecule has 2 aromatic carbocycles. The fourth-order valence-electron chi connectivity index (χ4n) is 2.97. The van der Waals surface area contributed by atoms with Gasteiger partial charge < -0.3 is 13.6 Å². The first-order valence-electron chi connectivity index (χ1n) is 8.97. The Morgan fingerprint density at radius 2 is 1.69 bits per heavy atom. The lowest BCUT2D eigenvalue weighted by Crippen LogP contribution is -2.41. The summed E-state index contributed by atoms with van der Waals surface area (Å²) in [6, 6.07) is 18.6. The number of morpholine rings is 1. The predicted octanol–water partition coefficient (Wildman–Crippen LogP) is 2.44. The predicted molar refractivity (Wildman–Crippen MR) is 107 cm³/mol. The van der Waals surface area contributed by atoms with Gasteiger partial charge in [-0.15, -0.1) is 0 Å². The summed E-state index contributed by atoms with van der Waals surface area (Å²) >= 11 is 0. The molecule has 0 aliphatic carbocycles. The van der Waals surface area contributed by atoms with E-state index in [4.69, 9.17) is 13.6 Å². The molecule has 2 aromatic rings. The Labute approximate surface area is 157 Å². The highest BCUT2D eigenvalue weighted by molar-refractivity contribution is 6.61. The summed E-state index contributed by atoms with van der Waals surface area (Å²) in [5.74, 6) is 0. The summed E-state index contributed by atoms with van der Waals surface area (Å²) in [4.78, 5) is 2.37. The van der Waals surface area contributed by atoms with Crippen LogP contribution in [0.1, 0.15) is 11.1 Å². The van der Waals surface area contributed by atoms with E-state index in [-0.39, 0.29) is 0 Å². The molecule has 0 aromatic heterocycles. The molecule has 0 saturated carbocycles. The average molecular weight is 369 g/mol. The molecular formula is C21H26NO3Si. The van der Waals surface area contributed by atoms with Crippen LogP contribution in [0.2, 0.25) is 0 Å². The number of benzene rings is 2. The monoisotopic (exact) mass is 368 g/mol. The second kappa shape index (κ2) is 9.80. The van der Waals surface area contributed by atoms with Gasteiger partial charge in [-0.25, -0.2) is 0 Å². The molecule has 1 aliphatic rings. The maximum absolute atomic E-state index is 6.04. The molecule has 4 nitrogen and oxygen atoms in total. The lowest BCUT2D eigenvalue weighted by atomic mass is 10.00. The first-order valence-corrected chi connectivity index (χ1v) is 10.3. The molecule has 1 radical (unpaired) electrons. The minimum Gasteiger partial charge on any atom is -0.393 e. The van der Waals surface area contributed by atoms with Gasteiger partial charge in [0.25, 0.3) is 0 Å². The summed E-state index contributed by atoms with van der Waals surface area (Å²) < 4.78 is 17.0. The van der Waals surface area contributed by atoms with Gasteiger partial charge in [0.05, 0.1) is 13.2 Å². The van der Waals surface area contributed by atoms with Crippen molar-refractivity contribution >= 4 is 20.0 Å². The van der Waals surface area contributed by atoms with E-state index < -0.39 is 9.28 Å². The summed E-state index contributed by atoms with van der Waals surface area (Å²) in [6.07, 6.45) is 0. The summed E-state index contributed by atoms with van der Waals surface area (Å²) in [7, 11) is 0.267. The standard InChI is InChI=1S/C21H26NO3Si/c1-18(19-6-4-3-5-7-19)20-8-10-21(11-9-20)26(23-2)25-17-14-22-12-15-24-16-13-22/h3-11H,1,12-17H2,2H3. The lowest BCUT2D eigenvalue weighted by molar-refractivity contribution is 0.0309. The van der Waals surface area contributed by atoms with Gasteiger partial charge in [-0.3, -0.25) is 4.90 Å². The van der Waals surface area contributed by atoms with Crippen LogP contribution in [0.3, 0.4) is 0 Å². The third-order valence-corrected chi connectivity index (χ3v) is 6.16. The smallest absolute Gasteiger partial charge is 0.393 e. The molecule has 0 amide bonds. The molecule has 0 spiro atoms. The fraction of sp³-hybridized carbons (Fsp3) is 0.333. The molecule has 0 N–H and O–H groups in total. The average Bonchev–Trinajstić information content (AvgIpc) is 2.72. The van der Waals surface area contributed by atoms with Gasteiger partial charge in [0.15, 0.2) is 0 Å². The zero-order valence-electron chi connectivity index (χ0n) is 15.3. The van der Waals surface area contributed by atoms with E-state index in [1.807, 2.05) is 18.2 Å². The van der Waals surface area contributed by atoms with Crippen molar-refractivity contribution in [2.24, 2.45) is 0 Å². The van der Waals surface area contributed by atoms with Crippen molar-refractivity contribution in [1.29, 1.82) is 0 Å². The minimum absolute atomic E-state index is 0.681. The molecule has 3 rings (SSSR count). The molecular weight excluding hydrogens is 342 g/mol. The van der Waals surface area contributed by atoms with Crippen molar-refractivity contribution in [3.63, 3.8) is 0 Å². The van der Waals surface area contributed by atoms with Crippen LogP contribution in [-0.4, -0.2) is 60.7 Å². The van der Waals surface area contributed by atoms with E-state index in [9.17, 15) is 0 Å². The van der Waals surface area contributed by atoms with Gasteiger partial charge in [-0.05, 0) is 21.9 Å². The number of rotatable bonds is 8. The molecule has 26 heavy (non-hydrogen) atoms. The fourth-order valence-corrected chi connectivity index (χ4v) is 4.20. The van der Waals surface area contributed by atoms with Gasteiger partial charge in [0.2, 0.25) is 0 Å². The van der Waals surface area contributed by atoms with Crippen molar-refractivity contribution in [3.05, 3.63) is 72.3 Å². The number of hydrogen-bond acceptors (Lipinski definition) is 4. The summed E-state index contributed by atoms with van der Waals surface area (Å²) in [5, 5.41) is 1.11. The highest BCUT2D eigenvalue weighted by Crippen LogP contribution is 2.20. The van der Waals surface area contributed by atoms with E-state index in [1.54, 1.807) is 7.11 Å². The topological polar surface area (TPSA) is 30.9 Å². The Morgan fingerprint density at radius 1 is 1.04 bits per heavy atom. The van der Waals surface area contributed by atoms with Crippen molar-refractivity contribution in [3.8, 4) is 0 Å². The summed E-state index contributed by atoms with van der Waals surface area (Å²) in [5.41, 5.74) is 3.28. The van der Waals surface area contributed by atoms with Gasteiger partial charge in [-0.1, -0.05) is 61.2 Å². The zero-order valence-corrected chi connectivity index (χ0v) is 16.3. The first kappa shape index (κ1) is 19.0. The van der Waals surface area contributed by atoms with Gasteiger partial charge in [0, 0.05) is 33.4 Å². The van der Waals surface area contributed by atoms with Crippen LogP contribution in [0, 0.1) is 0 Å². The Balaban J connectivity index is 1.56. The Bertz CT molecular complexity index is 684. The van der Waals surface area contributed by atoms with Crippen LogP contribution in [0.15, 0.2) is 61.2 Å². The lowest BCUT2D eigenvalue weighted by Gasteiger charge is -2.26. The van der Waals surface area contributed by atoms with Gasteiger partial charge >= 0.3 is 9.28 Å². The van der Waals surface area contributed by atoms with Gasteiger partial charge in [-0.2, -0.15) is 0 Å². The molecule has 1 fully saturated rings. The SMILES string of the molecule is C=C(c1ccccc1)c1ccc([Si](OC)OCCN2CCOCC2)cc1. The number of ether oxygens (including phenoxy) is 1. The third-order valence-electron chi connectivity index (χ3n) is 4.52. The second-order valence-electron chi connectivity index (χ2n) is 6.22. The molecule has 5 heteroatoms. The van der Waals surface area contributed by atoms with Crippen molar-refractivity contribution in [2.45, 2.75) is 0 Å². The Kier molecular flexibility index (Phi) is 7.17. The van der Waals surface area contributed by atoms with Crippen LogP contribution in [0.4, 0.5) is 0 Å².